The molecule has 61 heavy (non-hydrogen) atoms. The lowest BCUT2D eigenvalue weighted by molar-refractivity contribution is 0.0910. The zero-order valence-corrected chi connectivity index (χ0v) is 32.7. The molecule has 2 heterocycles. The van der Waals surface area contributed by atoms with Gasteiger partial charge in [-0.15, -0.1) is 0 Å². The number of phenolic OH excluding ortho intramolecular Hbond substituents is 2. The Bertz CT molecular complexity index is 2960. The average Bonchev–Trinajstić information content (AvgIpc) is 3.66. The van der Waals surface area contributed by atoms with E-state index >= 15 is 0 Å². The number of phenols is 2. The highest BCUT2D eigenvalue weighted by Crippen LogP contribution is 2.39. The third kappa shape index (κ3) is 6.20. The number of carbonyl (C=O) groups excluding carboxylic acids is 4. The predicted octanol–water partition coefficient (Wildman–Crippen LogP) is 10.9. The van der Waals surface area contributed by atoms with Crippen LogP contribution in [0, 0.1) is 0 Å². The van der Waals surface area contributed by atoms with Gasteiger partial charge in [0, 0.05) is 16.2 Å². The number of rotatable bonds is 8. The molecule has 0 bridgehead atoms. The lowest BCUT2D eigenvalue weighted by atomic mass is 9.78. The number of anilines is 2. The number of nitrogens with zero attached hydrogens (tertiary/aromatic N) is 2. The minimum atomic E-state index is -0.454. The first-order chi connectivity index (χ1) is 29.4. The van der Waals surface area contributed by atoms with Gasteiger partial charge in [-0.05, 0) is 131 Å². The maximum atomic E-state index is 13.5. The molecular formula is C51H34N2O8. The standard InChI is InChI=1S/C51H34N2O8/c1-51(2,31-9-15-35(16-10-31)60-37-19-23-41-43(27-37)49(58)52(47(41)56)33-13-21-39-29(25-33)5-3-7-45(39)54)32-11-17-36(18-12-32)61-38-20-24-42-44(28-38)50(59)53(48(42)57)34-14-22-40-30(26-34)6-4-8-46(40)55/h3-28,54-55H,1-2H3. The molecule has 0 aliphatic carbocycles. The average molecular weight is 803 g/mol. The van der Waals surface area contributed by atoms with Gasteiger partial charge >= 0.3 is 0 Å². The van der Waals surface area contributed by atoms with E-state index in [4.69, 9.17) is 9.47 Å². The molecule has 10 rings (SSSR count). The highest BCUT2D eigenvalue weighted by Gasteiger charge is 2.38. The molecule has 10 heteroatoms. The van der Waals surface area contributed by atoms with E-state index < -0.39 is 29.0 Å². The molecule has 0 saturated carbocycles. The Hall–Kier alpha value is -8.24. The van der Waals surface area contributed by atoms with Crippen molar-refractivity contribution >= 4 is 56.5 Å². The van der Waals surface area contributed by atoms with Gasteiger partial charge in [0.2, 0.25) is 0 Å². The Labute approximate surface area is 349 Å². The fourth-order valence-corrected chi connectivity index (χ4v) is 8.14. The number of fused-ring (bicyclic) bond motifs is 4. The zero-order chi connectivity index (χ0) is 42.2. The summed E-state index contributed by atoms with van der Waals surface area (Å²) in [5.74, 6) is 0.420. The van der Waals surface area contributed by atoms with Gasteiger partial charge in [-0.1, -0.05) is 62.4 Å². The summed E-state index contributed by atoms with van der Waals surface area (Å²) >= 11 is 0. The molecule has 4 amide bonds. The van der Waals surface area contributed by atoms with Crippen LogP contribution in [0.2, 0.25) is 0 Å². The van der Waals surface area contributed by atoms with Crippen molar-refractivity contribution in [1.82, 2.24) is 0 Å². The van der Waals surface area contributed by atoms with Crippen LogP contribution in [0.1, 0.15) is 66.4 Å². The van der Waals surface area contributed by atoms with Crippen LogP contribution in [0.3, 0.4) is 0 Å². The SMILES string of the molecule is CC(C)(c1ccc(Oc2ccc3c(c2)C(=O)N(c2ccc4c(O)cccc4c2)C3=O)cc1)c1ccc(Oc2ccc3c(c2)C(=O)N(c2ccc4c(O)cccc4c2)C3=O)cc1. The van der Waals surface area contributed by atoms with Crippen molar-refractivity contribution in [3.8, 4) is 34.5 Å². The van der Waals surface area contributed by atoms with Gasteiger partial charge in [0.15, 0.2) is 0 Å². The molecule has 2 aliphatic heterocycles. The number of ether oxygens (including phenoxy) is 2. The predicted molar refractivity (Wildman–Crippen MR) is 232 cm³/mol. The van der Waals surface area contributed by atoms with Gasteiger partial charge in [0.05, 0.1) is 33.6 Å². The largest absolute Gasteiger partial charge is 0.507 e. The Balaban J connectivity index is 0.808. The highest BCUT2D eigenvalue weighted by molar-refractivity contribution is 6.35. The van der Waals surface area contributed by atoms with Crippen molar-refractivity contribution < 1.29 is 38.9 Å². The summed E-state index contributed by atoms with van der Waals surface area (Å²) in [5.41, 5.74) is 3.53. The lowest BCUT2D eigenvalue weighted by Gasteiger charge is -2.26. The highest BCUT2D eigenvalue weighted by atomic mass is 16.5. The first-order valence-corrected chi connectivity index (χ1v) is 19.5. The number of hydrogen-bond acceptors (Lipinski definition) is 8. The van der Waals surface area contributed by atoms with E-state index in [-0.39, 0.29) is 33.8 Å². The zero-order valence-electron chi connectivity index (χ0n) is 32.7. The van der Waals surface area contributed by atoms with Crippen molar-refractivity contribution in [2.45, 2.75) is 19.3 Å². The smallest absolute Gasteiger partial charge is 0.266 e. The molecule has 8 aromatic carbocycles. The van der Waals surface area contributed by atoms with E-state index in [0.29, 0.717) is 55.9 Å². The fraction of sp³-hybridized carbons (Fsp3) is 0.0588. The molecule has 0 fully saturated rings. The maximum Gasteiger partial charge on any atom is 0.266 e. The number of benzene rings is 8. The number of carbonyl (C=O) groups is 4. The Morgan fingerprint density at radius 2 is 0.787 bits per heavy atom. The van der Waals surface area contributed by atoms with E-state index in [1.807, 2.05) is 60.7 Å². The number of imide groups is 2. The molecular weight excluding hydrogens is 769 g/mol. The molecule has 0 spiro atoms. The summed E-state index contributed by atoms with van der Waals surface area (Å²) in [6.45, 7) is 4.22. The molecule has 2 N–H and O–H groups in total. The molecule has 296 valence electrons. The van der Waals surface area contributed by atoms with Crippen LogP contribution >= 0.6 is 0 Å². The summed E-state index contributed by atoms with van der Waals surface area (Å²) in [6, 6.07) is 45.4. The van der Waals surface area contributed by atoms with Crippen LogP contribution in [-0.4, -0.2) is 33.8 Å². The molecule has 8 aromatic rings. The molecule has 0 saturated heterocycles. The van der Waals surface area contributed by atoms with E-state index in [1.54, 1.807) is 97.1 Å². The second-order valence-electron chi connectivity index (χ2n) is 15.5. The molecule has 10 nitrogen and oxygen atoms in total. The van der Waals surface area contributed by atoms with E-state index in [1.165, 1.54) is 0 Å². The molecule has 0 radical (unpaired) electrons. The Kier molecular flexibility index (Phi) is 8.48. The topological polar surface area (TPSA) is 134 Å². The van der Waals surface area contributed by atoms with E-state index in [2.05, 4.69) is 13.8 Å². The monoisotopic (exact) mass is 802 g/mol. The number of hydrogen-bond donors (Lipinski definition) is 2. The van der Waals surface area contributed by atoms with Gasteiger partial charge in [0.1, 0.15) is 34.5 Å². The van der Waals surface area contributed by atoms with E-state index in [0.717, 1.165) is 20.9 Å². The third-order valence-electron chi connectivity index (χ3n) is 11.5. The lowest BCUT2D eigenvalue weighted by Crippen LogP contribution is -2.29. The normalized spacial score (nSPS) is 13.6. The fourth-order valence-electron chi connectivity index (χ4n) is 8.14. The minimum Gasteiger partial charge on any atom is -0.507 e. The number of aromatic hydroxyl groups is 2. The summed E-state index contributed by atoms with van der Waals surface area (Å²) < 4.78 is 12.3. The first kappa shape index (κ1) is 37.1. The van der Waals surface area contributed by atoms with Crippen LogP contribution in [0.5, 0.6) is 34.5 Å². The Morgan fingerprint density at radius 3 is 1.20 bits per heavy atom. The van der Waals surface area contributed by atoms with Gasteiger partial charge in [-0.25, -0.2) is 9.80 Å². The second-order valence-corrected chi connectivity index (χ2v) is 15.5. The van der Waals surface area contributed by atoms with Crippen molar-refractivity contribution in [2.75, 3.05) is 9.80 Å². The van der Waals surface area contributed by atoms with Crippen molar-refractivity contribution in [3.05, 3.63) is 191 Å². The molecule has 0 atom stereocenters. The van der Waals surface area contributed by atoms with Crippen molar-refractivity contribution in [3.63, 3.8) is 0 Å². The van der Waals surface area contributed by atoms with Crippen LogP contribution in [-0.2, 0) is 5.41 Å². The summed E-state index contributed by atoms with van der Waals surface area (Å²) in [7, 11) is 0. The minimum absolute atomic E-state index is 0.121. The Morgan fingerprint density at radius 1 is 0.410 bits per heavy atom. The van der Waals surface area contributed by atoms with Crippen LogP contribution in [0.15, 0.2) is 158 Å². The van der Waals surface area contributed by atoms with Crippen molar-refractivity contribution in [2.24, 2.45) is 0 Å². The molecule has 0 aromatic heterocycles. The van der Waals surface area contributed by atoms with Crippen LogP contribution in [0.4, 0.5) is 11.4 Å². The summed E-state index contributed by atoms with van der Waals surface area (Å²) in [4.78, 5) is 56.1. The summed E-state index contributed by atoms with van der Waals surface area (Å²) in [6.07, 6.45) is 0. The third-order valence-corrected chi connectivity index (χ3v) is 11.5. The van der Waals surface area contributed by atoms with Crippen molar-refractivity contribution in [1.29, 1.82) is 0 Å². The molecule has 2 aliphatic rings. The van der Waals surface area contributed by atoms with Crippen LogP contribution < -0.4 is 19.3 Å². The first-order valence-electron chi connectivity index (χ1n) is 19.5. The molecule has 0 unspecified atom stereocenters. The quantitative estimate of drug-likeness (QED) is 0.145. The van der Waals surface area contributed by atoms with Gasteiger partial charge in [-0.3, -0.25) is 19.2 Å². The van der Waals surface area contributed by atoms with Gasteiger partial charge in [0.25, 0.3) is 23.6 Å². The van der Waals surface area contributed by atoms with Crippen LogP contribution in [0.25, 0.3) is 21.5 Å². The van der Waals surface area contributed by atoms with Gasteiger partial charge < -0.3 is 19.7 Å². The van der Waals surface area contributed by atoms with Gasteiger partial charge in [-0.2, -0.15) is 0 Å². The number of amides is 4. The van der Waals surface area contributed by atoms with E-state index in [9.17, 15) is 29.4 Å². The second kappa shape index (κ2) is 14.0. The maximum absolute atomic E-state index is 13.5. The summed E-state index contributed by atoms with van der Waals surface area (Å²) in [5, 5.41) is 23.0.